The van der Waals surface area contributed by atoms with Crippen LogP contribution in [0, 0.1) is 13.8 Å². The van der Waals surface area contributed by atoms with Crippen molar-refractivity contribution in [3.8, 4) is 0 Å². The SMILES string of the molecule is Cc1csc([C@@H]2CN(CC(=O)N(C)Cc3ccc(C)o3)CCO2)n1. The number of nitrogens with zero attached hydrogens (tertiary/aromatic N) is 3. The number of carbonyl (C=O) groups excluding carboxylic acids is 1. The van der Waals surface area contributed by atoms with E-state index in [0.29, 0.717) is 26.2 Å². The summed E-state index contributed by atoms with van der Waals surface area (Å²) in [5.74, 6) is 1.75. The lowest BCUT2D eigenvalue weighted by Crippen LogP contribution is -2.44. The van der Waals surface area contributed by atoms with Crippen molar-refractivity contribution >= 4 is 17.2 Å². The number of likely N-dealkylation sites (N-methyl/N-ethyl adjacent to an activating group) is 1. The number of hydrogen-bond donors (Lipinski definition) is 0. The molecule has 0 unspecified atom stereocenters. The standard InChI is InChI=1S/C17H23N3O3S/c1-12-11-24-17(18-12)15-9-20(6-7-22-15)10-16(21)19(3)8-14-5-4-13(2)23-14/h4-5,11,15H,6-10H2,1-3H3/t15-/m0/s1. The van der Waals surface area contributed by atoms with Gasteiger partial charge in [0.1, 0.15) is 22.6 Å². The van der Waals surface area contributed by atoms with E-state index in [1.54, 1.807) is 16.2 Å². The Bertz CT molecular complexity index is 697. The third-order valence-corrected chi connectivity index (χ3v) is 5.09. The van der Waals surface area contributed by atoms with E-state index >= 15 is 0 Å². The molecule has 1 aliphatic heterocycles. The van der Waals surface area contributed by atoms with Crippen molar-refractivity contribution in [1.29, 1.82) is 0 Å². The van der Waals surface area contributed by atoms with Gasteiger partial charge in [0.25, 0.3) is 0 Å². The molecule has 0 aromatic carbocycles. The van der Waals surface area contributed by atoms with Gasteiger partial charge in [-0.05, 0) is 26.0 Å². The van der Waals surface area contributed by atoms with Gasteiger partial charge in [-0.1, -0.05) is 0 Å². The van der Waals surface area contributed by atoms with Crippen molar-refractivity contribution in [2.24, 2.45) is 0 Å². The van der Waals surface area contributed by atoms with Crippen LogP contribution in [0.4, 0.5) is 0 Å². The number of rotatable bonds is 5. The average Bonchev–Trinajstić information content (AvgIpc) is 3.16. The number of amides is 1. The van der Waals surface area contributed by atoms with Gasteiger partial charge in [0.15, 0.2) is 0 Å². The van der Waals surface area contributed by atoms with Crippen LogP contribution in [0.2, 0.25) is 0 Å². The maximum Gasteiger partial charge on any atom is 0.236 e. The molecule has 0 aliphatic carbocycles. The molecular weight excluding hydrogens is 326 g/mol. The first-order chi connectivity index (χ1) is 11.5. The van der Waals surface area contributed by atoms with Crippen molar-refractivity contribution in [2.75, 3.05) is 33.3 Å². The Hall–Kier alpha value is -1.70. The largest absolute Gasteiger partial charge is 0.464 e. The van der Waals surface area contributed by atoms with Gasteiger partial charge in [0, 0.05) is 31.2 Å². The van der Waals surface area contributed by atoms with E-state index in [9.17, 15) is 4.79 Å². The number of hydrogen-bond acceptors (Lipinski definition) is 6. The highest BCUT2D eigenvalue weighted by atomic mass is 32.1. The van der Waals surface area contributed by atoms with E-state index in [-0.39, 0.29) is 12.0 Å². The summed E-state index contributed by atoms with van der Waals surface area (Å²) in [6.45, 7) is 6.85. The lowest BCUT2D eigenvalue weighted by molar-refractivity contribution is -0.134. The summed E-state index contributed by atoms with van der Waals surface area (Å²) in [6.07, 6.45) is -0.0386. The Morgan fingerprint density at radius 3 is 2.96 bits per heavy atom. The molecule has 0 saturated carbocycles. The number of ether oxygens (including phenoxy) is 1. The molecule has 2 aromatic heterocycles. The minimum atomic E-state index is -0.0386. The Kier molecular flexibility index (Phi) is 5.33. The predicted octanol–water partition coefficient (Wildman–Crippen LogP) is 2.38. The normalized spacial score (nSPS) is 18.7. The van der Waals surface area contributed by atoms with Gasteiger partial charge < -0.3 is 14.1 Å². The molecule has 3 rings (SSSR count). The van der Waals surface area contributed by atoms with Crippen molar-refractivity contribution in [3.63, 3.8) is 0 Å². The van der Waals surface area contributed by atoms with E-state index < -0.39 is 0 Å². The molecule has 7 heteroatoms. The molecule has 1 atom stereocenters. The fourth-order valence-corrected chi connectivity index (χ4v) is 3.55. The molecule has 0 radical (unpaired) electrons. The second-order valence-electron chi connectivity index (χ2n) is 6.18. The van der Waals surface area contributed by atoms with Gasteiger partial charge in [0.05, 0.1) is 19.7 Å². The van der Waals surface area contributed by atoms with Gasteiger partial charge in [-0.2, -0.15) is 0 Å². The number of aromatic nitrogens is 1. The fraction of sp³-hybridized carbons (Fsp3) is 0.529. The van der Waals surface area contributed by atoms with Crippen LogP contribution in [0.15, 0.2) is 21.9 Å². The first-order valence-corrected chi connectivity index (χ1v) is 8.94. The van der Waals surface area contributed by atoms with Gasteiger partial charge in [0.2, 0.25) is 5.91 Å². The topological polar surface area (TPSA) is 58.8 Å². The minimum Gasteiger partial charge on any atom is -0.464 e. The van der Waals surface area contributed by atoms with Crippen molar-refractivity contribution in [2.45, 2.75) is 26.5 Å². The summed E-state index contributed by atoms with van der Waals surface area (Å²) in [5, 5.41) is 3.02. The third-order valence-electron chi connectivity index (χ3n) is 4.04. The zero-order valence-electron chi connectivity index (χ0n) is 14.3. The van der Waals surface area contributed by atoms with Gasteiger partial charge in [-0.15, -0.1) is 11.3 Å². The van der Waals surface area contributed by atoms with Gasteiger partial charge in [-0.25, -0.2) is 4.98 Å². The van der Waals surface area contributed by atoms with E-state index in [0.717, 1.165) is 28.8 Å². The van der Waals surface area contributed by atoms with Crippen LogP contribution in [0.1, 0.15) is 28.3 Å². The molecule has 0 bridgehead atoms. The van der Waals surface area contributed by atoms with Gasteiger partial charge in [-0.3, -0.25) is 9.69 Å². The molecule has 2 aromatic rings. The number of morpholine rings is 1. The monoisotopic (exact) mass is 349 g/mol. The van der Waals surface area contributed by atoms with E-state index in [1.807, 2.05) is 38.4 Å². The maximum atomic E-state index is 12.5. The molecule has 1 aliphatic rings. The highest BCUT2D eigenvalue weighted by molar-refractivity contribution is 7.09. The fourth-order valence-electron chi connectivity index (χ4n) is 2.72. The highest BCUT2D eigenvalue weighted by Crippen LogP contribution is 2.25. The summed E-state index contributed by atoms with van der Waals surface area (Å²) < 4.78 is 11.4. The molecule has 1 fully saturated rings. The summed E-state index contributed by atoms with van der Waals surface area (Å²) in [7, 11) is 1.81. The number of carbonyl (C=O) groups is 1. The molecule has 0 spiro atoms. The second kappa shape index (κ2) is 7.46. The van der Waals surface area contributed by atoms with Gasteiger partial charge >= 0.3 is 0 Å². The molecule has 1 amide bonds. The Morgan fingerprint density at radius 1 is 1.46 bits per heavy atom. The first kappa shape index (κ1) is 17.1. The van der Waals surface area contributed by atoms with Crippen LogP contribution < -0.4 is 0 Å². The smallest absolute Gasteiger partial charge is 0.236 e. The van der Waals surface area contributed by atoms with Crippen LogP contribution in [-0.2, 0) is 16.1 Å². The van der Waals surface area contributed by atoms with Crippen LogP contribution in [0.3, 0.4) is 0 Å². The van der Waals surface area contributed by atoms with Crippen molar-refractivity contribution in [1.82, 2.24) is 14.8 Å². The van der Waals surface area contributed by atoms with Crippen molar-refractivity contribution < 1.29 is 13.9 Å². The number of aryl methyl sites for hydroxylation is 2. The minimum absolute atomic E-state index is 0.0386. The Morgan fingerprint density at radius 2 is 2.29 bits per heavy atom. The lowest BCUT2D eigenvalue weighted by Gasteiger charge is -2.32. The van der Waals surface area contributed by atoms with Crippen LogP contribution in [-0.4, -0.2) is 54.0 Å². The van der Waals surface area contributed by atoms with E-state index in [1.165, 1.54) is 0 Å². The average molecular weight is 349 g/mol. The van der Waals surface area contributed by atoms with Crippen LogP contribution in [0.25, 0.3) is 0 Å². The quantitative estimate of drug-likeness (QED) is 0.829. The summed E-state index contributed by atoms with van der Waals surface area (Å²) in [4.78, 5) is 20.8. The Labute approximate surface area is 146 Å². The Balaban J connectivity index is 1.53. The number of thiazole rings is 1. The molecule has 1 saturated heterocycles. The summed E-state index contributed by atoms with van der Waals surface area (Å²) in [5.41, 5.74) is 1.01. The molecule has 6 nitrogen and oxygen atoms in total. The zero-order valence-corrected chi connectivity index (χ0v) is 15.1. The van der Waals surface area contributed by atoms with E-state index in [4.69, 9.17) is 9.15 Å². The predicted molar refractivity (Wildman–Crippen MR) is 91.9 cm³/mol. The molecule has 130 valence electrons. The molecule has 0 N–H and O–H groups in total. The molecule has 3 heterocycles. The maximum absolute atomic E-state index is 12.5. The van der Waals surface area contributed by atoms with Crippen LogP contribution in [0.5, 0.6) is 0 Å². The molecule has 24 heavy (non-hydrogen) atoms. The highest BCUT2D eigenvalue weighted by Gasteiger charge is 2.26. The van der Waals surface area contributed by atoms with Crippen LogP contribution >= 0.6 is 11.3 Å². The summed E-state index contributed by atoms with van der Waals surface area (Å²) in [6, 6.07) is 3.82. The molecular formula is C17H23N3O3S. The lowest BCUT2D eigenvalue weighted by atomic mass is 10.2. The second-order valence-corrected chi connectivity index (χ2v) is 7.07. The zero-order chi connectivity index (χ0) is 17.1. The van der Waals surface area contributed by atoms with E-state index in [2.05, 4.69) is 9.88 Å². The van der Waals surface area contributed by atoms with Crippen molar-refractivity contribution in [3.05, 3.63) is 39.7 Å². The summed E-state index contributed by atoms with van der Waals surface area (Å²) >= 11 is 1.62. The third kappa shape index (κ3) is 4.23. The number of furan rings is 1. The first-order valence-electron chi connectivity index (χ1n) is 8.06.